The summed E-state index contributed by atoms with van der Waals surface area (Å²) < 4.78 is 17.7. The number of rotatable bonds is 5. The maximum atomic E-state index is 12.8. The van der Waals surface area contributed by atoms with Crippen molar-refractivity contribution in [2.24, 2.45) is 0 Å². The number of ketones is 1. The summed E-state index contributed by atoms with van der Waals surface area (Å²) in [7, 11) is 0. The molecule has 2 heterocycles. The van der Waals surface area contributed by atoms with Gasteiger partial charge in [-0.25, -0.2) is 0 Å². The van der Waals surface area contributed by atoms with Gasteiger partial charge in [-0.2, -0.15) is 0 Å². The highest BCUT2D eigenvalue weighted by Gasteiger charge is 2.44. The fourth-order valence-electron chi connectivity index (χ4n) is 4.30. The van der Waals surface area contributed by atoms with Crippen molar-refractivity contribution in [3.05, 3.63) is 53.1 Å². The molecule has 1 fully saturated rings. The van der Waals surface area contributed by atoms with Crippen molar-refractivity contribution in [2.45, 2.75) is 45.6 Å². The van der Waals surface area contributed by atoms with Crippen molar-refractivity contribution < 1.29 is 23.8 Å². The summed E-state index contributed by atoms with van der Waals surface area (Å²) >= 11 is 0. The van der Waals surface area contributed by atoms with Crippen LogP contribution in [0.1, 0.15) is 47.7 Å². The Bertz CT molecular complexity index is 991. The number of nitrogens with zero attached hydrogens (tertiary/aromatic N) is 1. The molecule has 0 atom stereocenters. The van der Waals surface area contributed by atoms with E-state index in [4.69, 9.17) is 14.2 Å². The number of aryl methyl sites for hydroxylation is 1. The van der Waals surface area contributed by atoms with Gasteiger partial charge >= 0.3 is 0 Å². The third-order valence-corrected chi connectivity index (χ3v) is 6.31. The lowest BCUT2D eigenvalue weighted by molar-refractivity contribution is -0.137. The summed E-state index contributed by atoms with van der Waals surface area (Å²) in [5.41, 5.74) is 2.28. The molecule has 1 saturated heterocycles. The number of hydrogen-bond acceptors (Lipinski definition) is 5. The molecule has 4 rings (SSSR count). The highest BCUT2D eigenvalue weighted by atomic mass is 16.5. The number of fused-ring (bicyclic) bond motifs is 1. The number of amides is 1. The van der Waals surface area contributed by atoms with E-state index < -0.39 is 5.60 Å². The first-order valence-electron chi connectivity index (χ1n) is 10.9. The van der Waals surface area contributed by atoms with Crippen LogP contribution in [0.25, 0.3) is 0 Å². The van der Waals surface area contributed by atoms with E-state index in [-0.39, 0.29) is 18.3 Å². The second kappa shape index (κ2) is 8.61. The fourth-order valence-corrected chi connectivity index (χ4v) is 4.30. The normalized spacial score (nSPS) is 17.1. The Morgan fingerprint density at radius 3 is 2.42 bits per heavy atom. The topological polar surface area (TPSA) is 65.1 Å². The minimum absolute atomic E-state index is 0.0436. The maximum absolute atomic E-state index is 12.8. The van der Waals surface area contributed by atoms with Gasteiger partial charge in [-0.05, 0) is 50.1 Å². The molecule has 2 aromatic carbocycles. The molecule has 1 amide bonds. The molecule has 0 radical (unpaired) electrons. The Balaban J connectivity index is 1.38. The minimum atomic E-state index is -0.526. The summed E-state index contributed by atoms with van der Waals surface area (Å²) in [6.45, 7) is 7.50. The van der Waals surface area contributed by atoms with Crippen LogP contribution in [0.2, 0.25) is 0 Å². The lowest BCUT2D eigenvalue weighted by Crippen LogP contribution is -2.53. The molecule has 2 aromatic rings. The van der Waals surface area contributed by atoms with Crippen LogP contribution in [0.4, 0.5) is 0 Å². The average Bonchev–Trinajstić information content (AvgIpc) is 2.76. The monoisotopic (exact) mass is 423 g/mol. The van der Waals surface area contributed by atoms with E-state index in [9.17, 15) is 9.59 Å². The third-order valence-electron chi connectivity index (χ3n) is 6.31. The zero-order chi connectivity index (χ0) is 22.0. The van der Waals surface area contributed by atoms with Gasteiger partial charge in [0.05, 0.1) is 18.6 Å². The van der Waals surface area contributed by atoms with Crippen molar-refractivity contribution in [3.63, 3.8) is 0 Å². The zero-order valence-electron chi connectivity index (χ0n) is 18.4. The average molecular weight is 424 g/mol. The first-order chi connectivity index (χ1) is 14.9. The smallest absolute Gasteiger partial charge is 0.260 e. The summed E-state index contributed by atoms with van der Waals surface area (Å²) in [5.74, 6) is 1.96. The fraction of sp³-hybridized carbons (Fsp3) is 0.440. The standard InChI is InChI=1S/C25H29NO5/c1-4-29-21-7-5-6-8-22(21)30-16-23(28)26-13-11-25(12-14-26)15-20(27)19-10-9-17(2)18(3)24(19)31-25/h5-10H,4,11-16H2,1-3H3. The van der Waals surface area contributed by atoms with Crippen molar-refractivity contribution in [1.29, 1.82) is 0 Å². The van der Waals surface area contributed by atoms with E-state index in [0.29, 0.717) is 61.8 Å². The van der Waals surface area contributed by atoms with E-state index in [0.717, 1.165) is 11.1 Å². The molecular weight excluding hydrogens is 394 g/mol. The molecular formula is C25H29NO5. The van der Waals surface area contributed by atoms with Gasteiger partial charge in [0.25, 0.3) is 5.91 Å². The predicted molar refractivity (Wildman–Crippen MR) is 117 cm³/mol. The van der Waals surface area contributed by atoms with Gasteiger partial charge in [0.2, 0.25) is 0 Å². The largest absolute Gasteiger partial charge is 0.490 e. The lowest BCUT2D eigenvalue weighted by atomic mass is 9.81. The first-order valence-corrected chi connectivity index (χ1v) is 10.9. The molecule has 6 heteroatoms. The number of carbonyl (C=O) groups is 2. The molecule has 2 aliphatic heterocycles. The van der Waals surface area contributed by atoms with Gasteiger partial charge in [0.15, 0.2) is 23.9 Å². The molecule has 2 aliphatic rings. The zero-order valence-corrected chi connectivity index (χ0v) is 18.4. The summed E-state index contributed by atoms with van der Waals surface area (Å²) in [6.07, 6.45) is 1.63. The number of Topliss-reactive ketones (excluding diaryl/α,β-unsaturated/α-hetero) is 1. The van der Waals surface area contributed by atoms with Gasteiger partial charge in [-0.15, -0.1) is 0 Å². The van der Waals surface area contributed by atoms with Crippen LogP contribution in [0.5, 0.6) is 17.2 Å². The lowest BCUT2D eigenvalue weighted by Gasteiger charge is -2.44. The Labute approximate surface area is 183 Å². The van der Waals surface area contributed by atoms with Gasteiger partial charge < -0.3 is 19.1 Å². The van der Waals surface area contributed by atoms with Crippen LogP contribution in [0.3, 0.4) is 0 Å². The molecule has 0 bridgehead atoms. The van der Waals surface area contributed by atoms with E-state index in [2.05, 4.69) is 0 Å². The molecule has 31 heavy (non-hydrogen) atoms. The van der Waals surface area contributed by atoms with Crippen LogP contribution < -0.4 is 14.2 Å². The van der Waals surface area contributed by atoms with E-state index in [1.807, 2.05) is 51.1 Å². The second-order valence-electron chi connectivity index (χ2n) is 8.32. The molecule has 1 spiro atoms. The van der Waals surface area contributed by atoms with Crippen LogP contribution in [0.15, 0.2) is 36.4 Å². The highest BCUT2D eigenvalue weighted by molar-refractivity contribution is 6.01. The molecule has 0 N–H and O–H groups in total. The number of ether oxygens (including phenoxy) is 3. The number of likely N-dealkylation sites (tertiary alicyclic amines) is 1. The van der Waals surface area contributed by atoms with E-state index in [1.165, 1.54) is 0 Å². The molecule has 6 nitrogen and oxygen atoms in total. The Kier molecular flexibility index (Phi) is 5.90. The number of benzene rings is 2. The van der Waals surface area contributed by atoms with Gasteiger partial charge in [0, 0.05) is 25.9 Å². The van der Waals surface area contributed by atoms with E-state index >= 15 is 0 Å². The minimum Gasteiger partial charge on any atom is -0.490 e. The summed E-state index contributed by atoms with van der Waals surface area (Å²) in [4.78, 5) is 27.3. The van der Waals surface area contributed by atoms with Crippen molar-refractivity contribution in [2.75, 3.05) is 26.3 Å². The maximum Gasteiger partial charge on any atom is 0.260 e. The molecule has 164 valence electrons. The van der Waals surface area contributed by atoms with Gasteiger partial charge in [0.1, 0.15) is 11.4 Å². The Hall–Kier alpha value is -3.02. The number of piperidine rings is 1. The number of hydrogen-bond donors (Lipinski definition) is 0. The van der Waals surface area contributed by atoms with Crippen molar-refractivity contribution in [3.8, 4) is 17.2 Å². The quantitative estimate of drug-likeness (QED) is 0.724. The highest BCUT2D eigenvalue weighted by Crippen LogP contribution is 2.41. The van der Waals surface area contributed by atoms with Crippen LogP contribution in [-0.2, 0) is 4.79 Å². The third kappa shape index (κ3) is 4.24. The second-order valence-corrected chi connectivity index (χ2v) is 8.32. The van der Waals surface area contributed by atoms with Gasteiger partial charge in [-0.3, -0.25) is 9.59 Å². The molecule has 0 saturated carbocycles. The Morgan fingerprint density at radius 2 is 1.74 bits per heavy atom. The van der Waals surface area contributed by atoms with Gasteiger partial charge in [-0.1, -0.05) is 18.2 Å². The predicted octanol–water partition coefficient (Wildman–Crippen LogP) is 4.11. The Morgan fingerprint density at radius 1 is 1.06 bits per heavy atom. The molecule has 0 unspecified atom stereocenters. The number of para-hydroxylation sites is 2. The SMILES string of the molecule is CCOc1ccccc1OCC(=O)N1CCC2(CC1)CC(=O)c1ccc(C)c(C)c1O2. The van der Waals surface area contributed by atoms with Crippen LogP contribution in [0, 0.1) is 13.8 Å². The molecule has 0 aliphatic carbocycles. The first kappa shape index (κ1) is 21.2. The summed E-state index contributed by atoms with van der Waals surface area (Å²) in [5, 5.41) is 0. The molecule has 0 aromatic heterocycles. The van der Waals surface area contributed by atoms with Crippen LogP contribution >= 0.6 is 0 Å². The van der Waals surface area contributed by atoms with E-state index in [1.54, 1.807) is 11.0 Å². The summed E-state index contributed by atoms with van der Waals surface area (Å²) in [6, 6.07) is 11.2. The van der Waals surface area contributed by atoms with Crippen LogP contribution in [-0.4, -0.2) is 48.5 Å². The number of carbonyl (C=O) groups excluding carboxylic acids is 2. The van der Waals surface area contributed by atoms with Crippen molar-refractivity contribution in [1.82, 2.24) is 4.90 Å². The van der Waals surface area contributed by atoms with Crippen molar-refractivity contribution >= 4 is 11.7 Å².